The largest absolute Gasteiger partial charge is 0.459 e. The zero-order valence-electron chi connectivity index (χ0n) is 17.1. The molecule has 1 heterocycles. The number of esters is 1. The lowest BCUT2D eigenvalue weighted by Crippen LogP contribution is -2.54. The number of rotatable bonds is 5. The van der Waals surface area contributed by atoms with Gasteiger partial charge in [0.15, 0.2) is 0 Å². The Morgan fingerprint density at radius 2 is 1.77 bits per heavy atom. The van der Waals surface area contributed by atoms with Crippen molar-refractivity contribution in [3.05, 3.63) is 60.2 Å². The summed E-state index contributed by atoms with van der Waals surface area (Å²) in [6.45, 7) is 1.72. The molecule has 1 saturated heterocycles. The molecule has 1 N–H and O–H groups in total. The highest BCUT2D eigenvalue weighted by Crippen LogP contribution is 2.38. The summed E-state index contributed by atoms with van der Waals surface area (Å²) in [4.78, 5) is 38.6. The lowest BCUT2D eigenvalue weighted by atomic mass is 9.73. The Morgan fingerprint density at radius 1 is 1.07 bits per heavy atom. The molecule has 4 rings (SSSR count). The number of nitrogens with one attached hydrogen (secondary N) is 1. The summed E-state index contributed by atoms with van der Waals surface area (Å²) in [5, 5.41) is 2.85. The van der Waals surface area contributed by atoms with E-state index in [1.54, 1.807) is 0 Å². The van der Waals surface area contributed by atoms with Gasteiger partial charge in [0.2, 0.25) is 0 Å². The normalized spacial score (nSPS) is 23.5. The van der Waals surface area contributed by atoms with E-state index >= 15 is 0 Å². The monoisotopic (exact) mass is 406 g/mol. The van der Waals surface area contributed by atoms with E-state index < -0.39 is 17.5 Å². The maximum absolute atomic E-state index is 12.9. The zero-order valence-corrected chi connectivity index (χ0v) is 17.1. The van der Waals surface area contributed by atoms with Gasteiger partial charge in [-0.25, -0.2) is 4.79 Å². The molecule has 1 saturated carbocycles. The topological polar surface area (TPSA) is 75.7 Å². The second-order valence-corrected chi connectivity index (χ2v) is 8.16. The van der Waals surface area contributed by atoms with Crippen LogP contribution in [0.1, 0.15) is 38.2 Å². The van der Waals surface area contributed by atoms with Crippen molar-refractivity contribution in [1.82, 2.24) is 10.2 Å². The Bertz CT molecular complexity index is 941. The second kappa shape index (κ2) is 8.30. The van der Waals surface area contributed by atoms with Crippen LogP contribution in [0.15, 0.2) is 54.6 Å². The van der Waals surface area contributed by atoms with Crippen LogP contribution in [0, 0.1) is 5.92 Å². The Kier molecular flexibility index (Phi) is 5.57. The fraction of sp³-hybridized carbons (Fsp3) is 0.375. The summed E-state index contributed by atoms with van der Waals surface area (Å²) in [6, 6.07) is 17.3. The maximum Gasteiger partial charge on any atom is 0.326 e. The van der Waals surface area contributed by atoms with Gasteiger partial charge >= 0.3 is 12.0 Å². The molecule has 1 spiro atoms. The minimum absolute atomic E-state index is 0.0619. The van der Waals surface area contributed by atoms with Crippen molar-refractivity contribution in [2.24, 2.45) is 5.92 Å². The molecule has 2 fully saturated rings. The van der Waals surface area contributed by atoms with Crippen LogP contribution in [0.5, 0.6) is 0 Å². The van der Waals surface area contributed by atoms with Gasteiger partial charge < -0.3 is 10.1 Å². The van der Waals surface area contributed by atoms with Gasteiger partial charge in [0, 0.05) is 0 Å². The Balaban J connectivity index is 1.34. The van der Waals surface area contributed by atoms with Gasteiger partial charge in [-0.2, -0.15) is 0 Å². The standard InChI is InChI=1S/C24H26N2O4/c1-17-7-5-6-14-24(17)22(28)26(23(29)25-24)15-21(27)30-16-18-10-12-20(13-11-18)19-8-3-2-4-9-19/h2-4,8-13,17H,5-7,14-16H2,1H3,(H,25,29). The first kappa shape index (κ1) is 20.1. The number of amides is 3. The maximum atomic E-state index is 12.9. The minimum Gasteiger partial charge on any atom is -0.459 e. The molecular weight excluding hydrogens is 380 g/mol. The van der Waals surface area contributed by atoms with Crippen LogP contribution in [-0.2, 0) is 20.9 Å². The van der Waals surface area contributed by atoms with Crippen LogP contribution in [-0.4, -0.2) is 34.9 Å². The summed E-state index contributed by atoms with van der Waals surface area (Å²) in [6.07, 6.45) is 3.46. The van der Waals surface area contributed by atoms with Crippen molar-refractivity contribution in [3.63, 3.8) is 0 Å². The van der Waals surface area contributed by atoms with Crippen molar-refractivity contribution in [2.45, 2.75) is 44.8 Å². The van der Waals surface area contributed by atoms with E-state index in [1.807, 2.05) is 61.5 Å². The van der Waals surface area contributed by atoms with Gasteiger partial charge in [-0.3, -0.25) is 14.5 Å². The SMILES string of the molecule is CC1CCCCC12NC(=O)N(CC(=O)OCc1ccc(-c3ccccc3)cc1)C2=O. The lowest BCUT2D eigenvalue weighted by molar-refractivity contribution is -0.149. The van der Waals surface area contributed by atoms with E-state index in [-0.39, 0.29) is 25.0 Å². The molecule has 2 aromatic rings. The Hall–Kier alpha value is -3.15. The van der Waals surface area contributed by atoms with E-state index in [9.17, 15) is 14.4 Å². The molecule has 0 bridgehead atoms. The third-order valence-corrected chi connectivity index (χ3v) is 6.25. The number of imide groups is 1. The van der Waals surface area contributed by atoms with Gasteiger partial charge in [-0.1, -0.05) is 74.4 Å². The molecule has 0 radical (unpaired) electrons. The summed E-state index contributed by atoms with van der Waals surface area (Å²) < 4.78 is 5.32. The molecule has 1 aliphatic heterocycles. The summed E-state index contributed by atoms with van der Waals surface area (Å²) in [7, 11) is 0. The lowest BCUT2D eigenvalue weighted by Gasteiger charge is -2.36. The third kappa shape index (κ3) is 3.82. The predicted molar refractivity (Wildman–Crippen MR) is 112 cm³/mol. The predicted octanol–water partition coefficient (Wildman–Crippen LogP) is 3.90. The number of ether oxygens (including phenoxy) is 1. The van der Waals surface area contributed by atoms with Crippen molar-refractivity contribution in [3.8, 4) is 11.1 Å². The summed E-state index contributed by atoms with van der Waals surface area (Å²) in [5.41, 5.74) is 2.18. The number of nitrogens with zero attached hydrogens (tertiary/aromatic N) is 1. The number of carbonyl (C=O) groups excluding carboxylic acids is 3. The first-order valence-corrected chi connectivity index (χ1v) is 10.4. The zero-order chi connectivity index (χ0) is 21.1. The quantitative estimate of drug-likeness (QED) is 0.604. The van der Waals surface area contributed by atoms with Gasteiger partial charge in [0.1, 0.15) is 18.7 Å². The van der Waals surface area contributed by atoms with Gasteiger partial charge in [0.25, 0.3) is 5.91 Å². The number of hydrogen-bond acceptors (Lipinski definition) is 4. The van der Waals surface area contributed by atoms with Gasteiger partial charge in [-0.05, 0) is 35.4 Å². The molecule has 6 nitrogen and oxygen atoms in total. The second-order valence-electron chi connectivity index (χ2n) is 8.16. The molecule has 0 aromatic heterocycles. The number of carbonyl (C=O) groups is 3. The molecular formula is C24H26N2O4. The van der Waals surface area contributed by atoms with Crippen molar-refractivity contribution < 1.29 is 19.1 Å². The molecule has 30 heavy (non-hydrogen) atoms. The highest BCUT2D eigenvalue weighted by molar-refractivity contribution is 6.08. The van der Waals surface area contributed by atoms with E-state index in [1.165, 1.54) is 0 Å². The van der Waals surface area contributed by atoms with E-state index in [0.717, 1.165) is 40.9 Å². The van der Waals surface area contributed by atoms with Crippen LogP contribution >= 0.6 is 0 Å². The molecule has 1 aliphatic carbocycles. The number of benzene rings is 2. The minimum atomic E-state index is -0.858. The molecule has 2 atom stereocenters. The van der Waals surface area contributed by atoms with Crippen LogP contribution in [0.2, 0.25) is 0 Å². The highest BCUT2D eigenvalue weighted by Gasteiger charge is 2.55. The fourth-order valence-corrected chi connectivity index (χ4v) is 4.40. The van der Waals surface area contributed by atoms with E-state index in [0.29, 0.717) is 6.42 Å². The Morgan fingerprint density at radius 3 is 2.47 bits per heavy atom. The summed E-state index contributed by atoms with van der Waals surface area (Å²) in [5.74, 6) is -0.832. The fourth-order valence-electron chi connectivity index (χ4n) is 4.40. The average molecular weight is 406 g/mol. The molecule has 2 aromatic carbocycles. The molecule has 6 heteroatoms. The van der Waals surface area contributed by atoms with Crippen LogP contribution < -0.4 is 5.32 Å². The molecule has 156 valence electrons. The molecule has 3 amide bonds. The third-order valence-electron chi connectivity index (χ3n) is 6.25. The van der Waals surface area contributed by atoms with E-state index in [4.69, 9.17) is 4.74 Å². The molecule has 2 unspecified atom stereocenters. The van der Waals surface area contributed by atoms with Gasteiger partial charge in [0.05, 0.1) is 0 Å². The van der Waals surface area contributed by atoms with Crippen LogP contribution in [0.4, 0.5) is 4.79 Å². The van der Waals surface area contributed by atoms with E-state index in [2.05, 4.69) is 5.32 Å². The summed E-state index contributed by atoms with van der Waals surface area (Å²) >= 11 is 0. The van der Waals surface area contributed by atoms with Crippen molar-refractivity contribution in [2.75, 3.05) is 6.54 Å². The molecule has 2 aliphatic rings. The number of hydrogen-bond donors (Lipinski definition) is 1. The first-order valence-electron chi connectivity index (χ1n) is 10.4. The van der Waals surface area contributed by atoms with Crippen LogP contribution in [0.3, 0.4) is 0 Å². The van der Waals surface area contributed by atoms with Gasteiger partial charge in [-0.15, -0.1) is 0 Å². The van der Waals surface area contributed by atoms with Crippen molar-refractivity contribution in [1.29, 1.82) is 0 Å². The average Bonchev–Trinajstić information content (AvgIpc) is 3.00. The number of urea groups is 1. The first-order chi connectivity index (χ1) is 14.5. The highest BCUT2D eigenvalue weighted by atomic mass is 16.5. The van der Waals surface area contributed by atoms with Crippen LogP contribution in [0.25, 0.3) is 11.1 Å². The smallest absolute Gasteiger partial charge is 0.326 e. The van der Waals surface area contributed by atoms with Crippen molar-refractivity contribution >= 4 is 17.9 Å². The Labute approximate surface area is 176 Å².